The molecule has 6 nitrogen and oxygen atoms in total. The molecule has 3 aromatic heterocycles. The minimum absolute atomic E-state index is 0.258. The molecule has 0 fully saturated rings. The van der Waals surface area contributed by atoms with Gasteiger partial charge in [-0.3, -0.25) is 10.1 Å². The number of hydrogen-bond acceptors (Lipinski definition) is 7. The number of benzene rings is 2. The number of amides is 1. The first-order valence-corrected chi connectivity index (χ1v) is 11.6. The number of nitrogens with one attached hydrogen (secondary N) is 1. The van der Waals surface area contributed by atoms with Gasteiger partial charge in [0, 0.05) is 5.39 Å². The van der Waals surface area contributed by atoms with Gasteiger partial charge in [-0.1, -0.05) is 35.6 Å². The molecule has 0 radical (unpaired) electrons. The first-order valence-electron chi connectivity index (χ1n) is 9.95. The van der Waals surface area contributed by atoms with Crippen LogP contribution in [0.2, 0.25) is 0 Å². The second-order valence-corrected chi connectivity index (χ2v) is 8.90. The summed E-state index contributed by atoms with van der Waals surface area (Å²) in [5, 5.41) is 6.13. The van der Waals surface area contributed by atoms with Gasteiger partial charge in [0.15, 0.2) is 5.13 Å². The zero-order valence-electron chi connectivity index (χ0n) is 17.0. The summed E-state index contributed by atoms with van der Waals surface area (Å²) in [5.74, 6) is -0.635. The molecule has 8 heteroatoms. The molecule has 5 rings (SSSR count). The number of fused-ring (bicyclic) bond motifs is 2. The predicted molar refractivity (Wildman–Crippen MR) is 129 cm³/mol. The summed E-state index contributed by atoms with van der Waals surface area (Å²) >= 11 is 2.89. The van der Waals surface area contributed by atoms with Gasteiger partial charge in [-0.2, -0.15) is 0 Å². The molecule has 2 aromatic carbocycles. The Balaban J connectivity index is 1.49. The molecule has 0 bridgehead atoms. The van der Waals surface area contributed by atoms with E-state index < -0.39 is 0 Å². The van der Waals surface area contributed by atoms with Gasteiger partial charge in [-0.05, 0) is 48.7 Å². The monoisotopic (exact) mass is 459 g/mol. The van der Waals surface area contributed by atoms with Crippen molar-refractivity contribution in [3.63, 3.8) is 0 Å². The molecule has 158 valence electrons. The van der Waals surface area contributed by atoms with E-state index in [0.717, 1.165) is 26.2 Å². The maximum Gasteiger partial charge on any atom is 0.338 e. The minimum Gasteiger partial charge on any atom is -0.462 e. The summed E-state index contributed by atoms with van der Waals surface area (Å²) in [7, 11) is 0. The molecule has 1 amide bonds. The van der Waals surface area contributed by atoms with E-state index in [2.05, 4.69) is 10.3 Å². The topological polar surface area (TPSA) is 81.2 Å². The van der Waals surface area contributed by atoms with E-state index in [1.165, 1.54) is 11.3 Å². The summed E-state index contributed by atoms with van der Waals surface area (Å²) in [6.07, 6.45) is 0. The smallest absolute Gasteiger partial charge is 0.338 e. The highest BCUT2D eigenvalue weighted by molar-refractivity contribution is 7.22. The number of para-hydroxylation sites is 1. The second kappa shape index (κ2) is 8.49. The first-order chi connectivity index (χ1) is 15.6. The van der Waals surface area contributed by atoms with Crippen molar-refractivity contribution >= 4 is 60.8 Å². The lowest BCUT2D eigenvalue weighted by Crippen LogP contribution is -2.12. The maximum atomic E-state index is 13.2. The molecule has 0 saturated heterocycles. The van der Waals surface area contributed by atoms with Crippen LogP contribution in [-0.2, 0) is 4.74 Å². The zero-order chi connectivity index (χ0) is 22.1. The molecule has 32 heavy (non-hydrogen) atoms. The van der Waals surface area contributed by atoms with E-state index in [0.29, 0.717) is 28.4 Å². The standard InChI is InChI=1S/C24H17N3O3S2/c1-2-30-23(29)14-9-10-18-21(12-14)32-24(26-18)27-22(28)16-13-19(20-8-5-11-31-20)25-17-7-4-3-6-15(16)17/h3-13H,2H2,1H3,(H,26,27,28). The number of hydrogen-bond donors (Lipinski definition) is 1. The highest BCUT2D eigenvalue weighted by Gasteiger charge is 2.17. The number of aromatic nitrogens is 2. The van der Waals surface area contributed by atoms with Crippen LogP contribution in [0.5, 0.6) is 0 Å². The quantitative estimate of drug-likeness (QED) is 0.326. The van der Waals surface area contributed by atoms with Crippen molar-refractivity contribution in [1.29, 1.82) is 0 Å². The van der Waals surface area contributed by atoms with Crippen molar-refractivity contribution in [3.8, 4) is 10.6 Å². The van der Waals surface area contributed by atoms with Crippen molar-refractivity contribution in [2.75, 3.05) is 11.9 Å². The molecule has 1 N–H and O–H groups in total. The fourth-order valence-electron chi connectivity index (χ4n) is 3.40. The SMILES string of the molecule is CCOC(=O)c1ccc2nc(NC(=O)c3cc(-c4cccs4)nc4ccccc34)sc2c1. The Labute approximate surface area is 191 Å². The first kappa shape index (κ1) is 20.3. The lowest BCUT2D eigenvalue weighted by atomic mass is 10.1. The zero-order valence-corrected chi connectivity index (χ0v) is 18.6. The van der Waals surface area contributed by atoms with Crippen LogP contribution in [0.15, 0.2) is 66.0 Å². The van der Waals surface area contributed by atoms with Gasteiger partial charge in [-0.15, -0.1) is 11.3 Å². The highest BCUT2D eigenvalue weighted by atomic mass is 32.1. The molecular weight excluding hydrogens is 442 g/mol. The largest absolute Gasteiger partial charge is 0.462 e. The molecule has 0 aliphatic rings. The Morgan fingerprint density at radius 2 is 1.88 bits per heavy atom. The number of ether oxygens (including phenoxy) is 1. The Kier molecular flexibility index (Phi) is 5.38. The fraction of sp³-hybridized carbons (Fsp3) is 0.0833. The summed E-state index contributed by atoms with van der Waals surface area (Å²) in [4.78, 5) is 35.5. The van der Waals surface area contributed by atoms with Crippen LogP contribution < -0.4 is 5.32 Å². The number of nitrogens with zero attached hydrogens (tertiary/aromatic N) is 2. The molecule has 5 aromatic rings. The van der Waals surface area contributed by atoms with Crippen molar-refractivity contribution in [3.05, 3.63) is 77.2 Å². The van der Waals surface area contributed by atoms with Crippen molar-refractivity contribution in [1.82, 2.24) is 9.97 Å². The Hall–Kier alpha value is -3.62. The normalized spacial score (nSPS) is 11.0. The summed E-state index contributed by atoms with van der Waals surface area (Å²) in [6.45, 7) is 2.08. The third-order valence-electron chi connectivity index (χ3n) is 4.85. The van der Waals surface area contributed by atoms with Gasteiger partial charge >= 0.3 is 5.97 Å². The van der Waals surface area contributed by atoms with Crippen molar-refractivity contribution in [2.45, 2.75) is 6.92 Å². The maximum absolute atomic E-state index is 13.2. The number of carbonyl (C=O) groups is 2. The summed E-state index contributed by atoms with van der Waals surface area (Å²) in [5.41, 5.74) is 3.21. The van der Waals surface area contributed by atoms with Gasteiger partial charge in [0.05, 0.1) is 44.0 Å². The van der Waals surface area contributed by atoms with Crippen LogP contribution in [0.25, 0.3) is 31.7 Å². The average molecular weight is 460 g/mol. The molecule has 0 aliphatic carbocycles. The summed E-state index contributed by atoms with van der Waals surface area (Å²) < 4.78 is 5.86. The molecule has 0 spiro atoms. The third-order valence-corrected chi connectivity index (χ3v) is 6.68. The average Bonchev–Trinajstić information content (AvgIpc) is 3.47. The van der Waals surface area contributed by atoms with Crippen LogP contribution in [0, 0.1) is 0 Å². The molecule has 0 aliphatic heterocycles. The number of anilines is 1. The van der Waals surface area contributed by atoms with E-state index in [1.807, 2.05) is 47.8 Å². The number of thiazole rings is 1. The summed E-state index contributed by atoms with van der Waals surface area (Å²) in [6, 6.07) is 18.5. The molecule has 0 saturated carbocycles. The minimum atomic E-state index is -0.377. The lowest BCUT2D eigenvalue weighted by Gasteiger charge is -2.08. The Morgan fingerprint density at radius 3 is 2.69 bits per heavy atom. The van der Waals surface area contributed by atoms with Crippen LogP contribution >= 0.6 is 22.7 Å². The van der Waals surface area contributed by atoms with E-state index in [4.69, 9.17) is 9.72 Å². The number of thiophene rings is 1. The molecule has 0 atom stereocenters. The van der Waals surface area contributed by atoms with Crippen LogP contribution in [-0.4, -0.2) is 28.5 Å². The van der Waals surface area contributed by atoms with E-state index in [-0.39, 0.29) is 11.9 Å². The molecule has 0 unspecified atom stereocenters. The number of carbonyl (C=O) groups excluding carboxylic acids is 2. The molecule has 3 heterocycles. The van der Waals surface area contributed by atoms with E-state index in [9.17, 15) is 9.59 Å². The van der Waals surface area contributed by atoms with Gasteiger partial charge in [0.1, 0.15) is 0 Å². The van der Waals surface area contributed by atoms with Crippen LogP contribution in [0.4, 0.5) is 5.13 Å². The van der Waals surface area contributed by atoms with Crippen molar-refractivity contribution in [2.24, 2.45) is 0 Å². The number of esters is 1. The van der Waals surface area contributed by atoms with E-state index >= 15 is 0 Å². The predicted octanol–water partition coefficient (Wildman–Crippen LogP) is 6.00. The van der Waals surface area contributed by atoms with Gasteiger partial charge in [-0.25, -0.2) is 14.8 Å². The second-order valence-electron chi connectivity index (χ2n) is 6.93. The van der Waals surface area contributed by atoms with Crippen LogP contribution in [0.3, 0.4) is 0 Å². The Bertz CT molecular complexity index is 1460. The fourth-order valence-corrected chi connectivity index (χ4v) is 4.98. The molecular formula is C24H17N3O3S2. The van der Waals surface area contributed by atoms with Crippen molar-refractivity contribution < 1.29 is 14.3 Å². The number of pyridine rings is 1. The van der Waals surface area contributed by atoms with Crippen LogP contribution in [0.1, 0.15) is 27.6 Å². The third kappa shape index (κ3) is 3.86. The Morgan fingerprint density at radius 1 is 1.00 bits per heavy atom. The lowest BCUT2D eigenvalue weighted by molar-refractivity contribution is 0.0526. The highest BCUT2D eigenvalue weighted by Crippen LogP contribution is 2.30. The van der Waals surface area contributed by atoms with E-state index in [1.54, 1.807) is 36.5 Å². The number of rotatable bonds is 5. The van der Waals surface area contributed by atoms with Gasteiger partial charge < -0.3 is 4.74 Å². The van der Waals surface area contributed by atoms with Gasteiger partial charge in [0.25, 0.3) is 5.91 Å². The van der Waals surface area contributed by atoms with Gasteiger partial charge in [0.2, 0.25) is 0 Å².